The third-order valence-corrected chi connectivity index (χ3v) is 4.65. The van der Waals surface area contributed by atoms with E-state index in [0.717, 1.165) is 42.8 Å². The Balaban J connectivity index is 1.90. The molecule has 0 spiro atoms. The number of likely N-dealkylation sites (tertiary alicyclic amines) is 1. The summed E-state index contributed by atoms with van der Waals surface area (Å²) in [5.74, 6) is 0.874. The zero-order valence-corrected chi connectivity index (χ0v) is 14.3. The molecule has 4 nitrogen and oxygen atoms in total. The van der Waals surface area contributed by atoms with E-state index >= 15 is 0 Å². The van der Waals surface area contributed by atoms with Crippen LogP contribution >= 0.6 is 0 Å². The van der Waals surface area contributed by atoms with E-state index in [1.807, 2.05) is 60.5 Å². The van der Waals surface area contributed by atoms with Crippen molar-refractivity contribution < 1.29 is 9.53 Å². The largest absolute Gasteiger partial charge is 0.496 e. The van der Waals surface area contributed by atoms with Gasteiger partial charge in [0, 0.05) is 30.3 Å². The number of amides is 1. The molecule has 3 rings (SSSR count). The molecule has 126 valence electrons. The maximum atomic E-state index is 12.9. The van der Waals surface area contributed by atoms with Gasteiger partial charge in [-0.15, -0.1) is 0 Å². The lowest BCUT2D eigenvalue weighted by molar-refractivity contribution is 0.0698. The van der Waals surface area contributed by atoms with Crippen LogP contribution in [-0.4, -0.2) is 44.1 Å². The van der Waals surface area contributed by atoms with Crippen molar-refractivity contribution in [3.63, 3.8) is 0 Å². The maximum Gasteiger partial charge on any atom is 0.253 e. The second-order valence-corrected chi connectivity index (χ2v) is 6.16. The maximum absolute atomic E-state index is 12.9. The number of nitrogens with zero attached hydrogens (tertiary/aromatic N) is 1. The van der Waals surface area contributed by atoms with E-state index in [1.54, 1.807) is 7.11 Å². The van der Waals surface area contributed by atoms with E-state index < -0.39 is 0 Å². The number of rotatable bonds is 4. The molecular formula is C20H24N2O2. The molecule has 0 bridgehead atoms. The summed E-state index contributed by atoms with van der Waals surface area (Å²) in [6.45, 7) is 1.59. The molecule has 0 aromatic heterocycles. The van der Waals surface area contributed by atoms with Gasteiger partial charge in [-0.2, -0.15) is 0 Å². The van der Waals surface area contributed by atoms with Gasteiger partial charge in [0.05, 0.1) is 7.11 Å². The minimum Gasteiger partial charge on any atom is -0.496 e. The van der Waals surface area contributed by atoms with Crippen LogP contribution in [0.15, 0.2) is 48.5 Å². The van der Waals surface area contributed by atoms with Crippen LogP contribution in [0.4, 0.5) is 0 Å². The van der Waals surface area contributed by atoms with Gasteiger partial charge in [0.15, 0.2) is 0 Å². The van der Waals surface area contributed by atoms with E-state index in [-0.39, 0.29) is 5.91 Å². The fraction of sp³-hybridized carbons (Fsp3) is 0.350. The monoisotopic (exact) mass is 324 g/mol. The van der Waals surface area contributed by atoms with Gasteiger partial charge < -0.3 is 15.0 Å². The van der Waals surface area contributed by atoms with Crippen LogP contribution in [0.2, 0.25) is 0 Å². The average Bonchev–Trinajstić information content (AvgIpc) is 2.67. The second-order valence-electron chi connectivity index (χ2n) is 6.16. The normalized spacial score (nSPS) is 17.6. The molecule has 4 heteroatoms. The van der Waals surface area contributed by atoms with Gasteiger partial charge in [0.1, 0.15) is 5.75 Å². The van der Waals surface area contributed by atoms with Crippen LogP contribution in [0, 0.1) is 0 Å². The molecule has 0 unspecified atom stereocenters. The summed E-state index contributed by atoms with van der Waals surface area (Å²) in [4.78, 5) is 14.8. The highest BCUT2D eigenvalue weighted by Crippen LogP contribution is 2.31. The second kappa shape index (κ2) is 7.49. The van der Waals surface area contributed by atoms with Crippen molar-refractivity contribution in [2.24, 2.45) is 0 Å². The van der Waals surface area contributed by atoms with E-state index in [1.165, 1.54) is 0 Å². The predicted molar refractivity (Wildman–Crippen MR) is 96.4 cm³/mol. The fourth-order valence-corrected chi connectivity index (χ4v) is 3.26. The van der Waals surface area contributed by atoms with Crippen LogP contribution in [-0.2, 0) is 0 Å². The van der Waals surface area contributed by atoms with Crippen LogP contribution < -0.4 is 10.1 Å². The molecule has 1 aliphatic heterocycles. The Morgan fingerprint density at radius 1 is 1.21 bits per heavy atom. The van der Waals surface area contributed by atoms with Crippen molar-refractivity contribution in [2.45, 2.75) is 18.9 Å². The number of nitrogens with one attached hydrogen (secondary N) is 1. The van der Waals surface area contributed by atoms with Gasteiger partial charge in [-0.3, -0.25) is 4.79 Å². The molecule has 0 radical (unpaired) electrons. The molecule has 1 fully saturated rings. The number of benzene rings is 2. The Morgan fingerprint density at radius 2 is 2.00 bits per heavy atom. The fourth-order valence-electron chi connectivity index (χ4n) is 3.26. The number of likely N-dealkylation sites (N-methyl/N-ethyl adjacent to an activating group) is 1. The van der Waals surface area contributed by atoms with Gasteiger partial charge in [0.2, 0.25) is 0 Å². The lowest BCUT2D eigenvalue weighted by Crippen LogP contribution is -2.46. The van der Waals surface area contributed by atoms with E-state index in [9.17, 15) is 4.79 Å². The average molecular weight is 324 g/mol. The van der Waals surface area contributed by atoms with Crippen molar-refractivity contribution in [2.75, 3.05) is 27.2 Å². The Bertz CT molecular complexity index is 700. The number of piperidine rings is 1. The lowest BCUT2D eigenvalue weighted by atomic mass is 10.00. The van der Waals surface area contributed by atoms with Gasteiger partial charge >= 0.3 is 0 Å². The summed E-state index contributed by atoms with van der Waals surface area (Å²) < 4.78 is 5.48. The summed E-state index contributed by atoms with van der Waals surface area (Å²) in [7, 11) is 3.62. The highest BCUT2D eigenvalue weighted by Gasteiger charge is 2.24. The van der Waals surface area contributed by atoms with Crippen molar-refractivity contribution >= 4 is 5.91 Å². The topological polar surface area (TPSA) is 41.6 Å². The summed E-state index contributed by atoms with van der Waals surface area (Å²) in [6.07, 6.45) is 2.16. The third kappa shape index (κ3) is 3.44. The van der Waals surface area contributed by atoms with E-state index in [4.69, 9.17) is 4.74 Å². The lowest BCUT2D eigenvalue weighted by Gasteiger charge is -2.32. The first-order chi connectivity index (χ1) is 11.7. The molecule has 0 aliphatic carbocycles. The molecule has 24 heavy (non-hydrogen) atoms. The standard InChI is InChI=1S/C20H24N2O2/c1-21-17-9-6-12-22(14-17)20(23)16-10-11-19(24-2)18(13-16)15-7-4-3-5-8-15/h3-5,7-8,10-11,13,17,21H,6,9,12,14H2,1-2H3/t17-/m0/s1. The van der Waals surface area contributed by atoms with Crippen molar-refractivity contribution in [3.8, 4) is 16.9 Å². The molecule has 2 aromatic rings. The van der Waals surface area contributed by atoms with Crippen molar-refractivity contribution in [1.82, 2.24) is 10.2 Å². The van der Waals surface area contributed by atoms with Crippen LogP contribution in [0.3, 0.4) is 0 Å². The first kappa shape index (κ1) is 16.5. The molecule has 1 heterocycles. The van der Waals surface area contributed by atoms with Crippen molar-refractivity contribution in [3.05, 3.63) is 54.1 Å². The van der Waals surface area contributed by atoms with E-state index in [2.05, 4.69) is 5.32 Å². The number of ether oxygens (including phenoxy) is 1. The smallest absolute Gasteiger partial charge is 0.253 e. The molecule has 1 amide bonds. The molecule has 1 saturated heterocycles. The SMILES string of the molecule is CN[C@H]1CCCN(C(=O)c2ccc(OC)c(-c3ccccc3)c2)C1. The Morgan fingerprint density at radius 3 is 2.71 bits per heavy atom. The Kier molecular flexibility index (Phi) is 5.16. The molecule has 1 N–H and O–H groups in total. The van der Waals surface area contributed by atoms with Crippen molar-refractivity contribution in [1.29, 1.82) is 0 Å². The zero-order valence-electron chi connectivity index (χ0n) is 14.3. The van der Waals surface area contributed by atoms with Crippen LogP contribution in [0.5, 0.6) is 5.75 Å². The van der Waals surface area contributed by atoms with Gasteiger partial charge in [-0.05, 0) is 43.7 Å². The van der Waals surface area contributed by atoms with Gasteiger partial charge in [0.25, 0.3) is 5.91 Å². The van der Waals surface area contributed by atoms with E-state index in [0.29, 0.717) is 11.6 Å². The quantitative estimate of drug-likeness (QED) is 0.939. The molecule has 1 aliphatic rings. The number of hydrogen-bond donors (Lipinski definition) is 1. The van der Waals surface area contributed by atoms with Crippen LogP contribution in [0.1, 0.15) is 23.2 Å². The number of hydrogen-bond acceptors (Lipinski definition) is 3. The highest BCUT2D eigenvalue weighted by atomic mass is 16.5. The minimum absolute atomic E-state index is 0.0924. The summed E-state index contributed by atoms with van der Waals surface area (Å²) in [5, 5.41) is 3.28. The first-order valence-electron chi connectivity index (χ1n) is 8.43. The number of carbonyl (C=O) groups is 1. The predicted octanol–water partition coefficient (Wildman–Crippen LogP) is 3.19. The van der Waals surface area contributed by atoms with Gasteiger partial charge in [-0.1, -0.05) is 30.3 Å². The number of carbonyl (C=O) groups excluding carboxylic acids is 1. The summed E-state index contributed by atoms with van der Waals surface area (Å²) >= 11 is 0. The third-order valence-electron chi connectivity index (χ3n) is 4.65. The number of methoxy groups -OCH3 is 1. The first-order valence-corrected chi connectivity index (χ1v) is 8.43. The molecule has 2 aromatic carbocycles. The summed E-state index contributed by atoms with van der Waals surface area (Å²) in [6, 6.07) is 16.1. The molecular weight excluding hydrogens is 300 g/mol. The molecule has 0 saturated carbocycles. The zero-order chi connectivity index (χ0) is 16.9. The van der Waals surface area contributed by atoms with Gasteiger partial charge in [-0.25, -0.2) is 0 Å². The minimum atomic E-state index is 0.0924. The highest BCUT2D eigenvalue weighted by molar-refractivity contribution is 5.96. The Hall–Kier alpha value is -2.33. The van der Waals surface area contributed by atoms with Crippen LogP contribution in [0.25, 0.3) is 11.1 Å². The Labute approximate surface area is 143 Å². The molecule has 1 atom stereocenters. The summed E-state index contributed by atoms with van der Waals surface area (Å²) in [5.41, 5.74) is 2.72.